The van der Waals surface area contributed by atoms with Gasteiger partial charge in [0, 0.05) is 37.8 Å². The summed E-state index contributed by atoms with van der Waals surface area (Å²) < 4.78 is 16.7. The van der Waals surface area contributed by atoms with Gasteiger partial charge in [0.25, 0.3) is 0 Å². The van der Waals surface area contributed by atoms with Gasteiger partial charge in [-0.1, -0.05) is 0 Å². The Hall–Kier alpha value is -1.79. The number of nitrogens with zero attached hydrogens (tertiary/aromatic N) is 1. The highest BCUT2D eigenvalue weighted by atomic mass is 16.6. The zero-order chi connectivity index (χ0) is 16.2. The summed E-state index contributed by atoms with van der Waals surface area (Å²) in [6.45, 7) is 7.74. The van der Waals surface area contributed by atoms with Gasteiger partial charge >= 0.3 is 0 Å². The van der Waals surface area contributed by atoms with Gasteiger partial charge in [-0.05, 0) is 26.0 Å². The molecule has 1 aromatic carbocycles. The maximum Gasteiger partial charge on any atom is 0.225 e. The number of amides is 1. The molecule has 126 valence electrons. The molecule has 6 heteroatoms. The molecule has 0 bridgehead atoms. The van der Waals surface area contributed by atoms with Crippen molar-refractivity contribution in [1.82, 2.24) is 4.90 Å². The Bertz CT molecular complexity index is 554. The zero-order valence-electron chi connectivity index (χ0n) is 13.7. The number of rotatable bonds is 4. The lowest BCUT2D eigenvalue weighted by molar-refractivity contribution is -0.117. The molecule has 0 spiro atoms. The lowest BCUT2D eigenvalue weighted by atomic mass is 10.2. The minimum absolute atomic E-state index is 0.00785. The first-order valence-electron chi connectivity index (χ1n) is 8.17. The highest BCUT2D eigenvalue weighted by molar-refractivity contribution is 5.91. The summed E-state index contributed by atoms with van der Waals surface area (Å²) in [5.41, 5.74) is 0.739. The van der Waals surface area contributed by atoms with Gasteiger partial charge < -0.3 is 19.5 Å². The smallest absolute Gasteiger partial charge is 0.225 e. The summed E-state index contributed by atoms with van der Waals surface area (Å²) in [6, 6.07) is 5.48. The second-order valence-electron chi connectivity index (χ2n) is 6.17. The van der Waals surface area contributed by atoms with E-state index in [1.54, 1.807) is 0 Å². The van der Waals surface area contributed by atoms with Crippen LogP contribution in [0.15, 0.2) is 18.2 Å². The first-order valence-corrected chi connectivity index (χ1v) is 8.17. The fourth-order valence-electron chi connectivity index (χ4n) is 3.07. The number of benzene rings is 1. The lowest BCUT2D eigenvalue weighted by Crippen LogP contribution is -2.46. The van der Waals surface area contributed by atoms with Gasteiger partial charge in [-0.2, -0.15) is 0 Å². The average Bonchev–Trinajstić information content (AvgIpc) is 2.52. The van der Waals surface area contributed by atoms with Gasteiger partial charge in [0.2, 0.25) is 5.91 Å². The molecule has 0 aromatic heterocycles. The van der Waals surface area contributed by atoms with E-state index < -0.39 is 0 Å². The predicted octanol–water partition coefficient (Wildman–Crippen LogP) is 1.90. The summed E-state index contributed by atoms with van der Waals surface area (Å²) >= 11 is 0. The highest BCUT2D eigenvalue weighted by Crippen LogP contribution is 2.32. The molecular formula is C17H24N2O4. The van der Waals surface area contributed by atoms with E-state index in [9.17, 15) is 4.79 Å². The monoisotopic (exact) mass is 320 g/mol. The van der Waals surface area contributed by atoms with Crippen molar-refractivity contribution < 1.29 is 19.0 Å². The zero-order valence-corrected chi connectivity index (χ0v) is 13.7. The molecular weight excluding hydrogens is 296 g/mol. The molecule has 0 unspecified atom stereocenters. The molecule has 3 rings (SSSR count). The first-order chi connectivity index (χ1) is 11.1. The average molecular weight is 320 g/mol. The summed E-state index contributed by atoms with van der Waals surface area (Å²) in [5.74, 6) is 1.42. The van der Waals surface area contributed by atoms with Crippen LogP contribution in [0.25, 0.3) is 0 Å². The minimum Gasteiger partial charge on any atom is -0.486 e. The summed E-state index contributed by atoms with van der Waals surface area (Å²) in [6.07, 6.45) is 0.910. The van der Waals surface area contributed by atoms with E-state index >= 15 is 0 Å². The Morgan fingerprint density at radius 2 is 1.87 bits per heavy atom. The van der Waals surface area contributed by atoms with Gasteiger partial charge in [0.05, 0.1) is 12.2 Å². The number of hydrogen-bond acceptors (Lipinski definition) is 5. The van der Waals surface area contributed by atoms with Crippen LogP contribution >= 0.6 is 0 Å². The van der Waals surface area contributed by atoms with Crippen molar-refractivity contribution in [3.63, 3.8) is 0 Å². The second-order valence-corrected chi connectivity index (χ2v) is 6.17. The van der Waals surface area contributed by atoms with Gasteiger partial charge in [-0.25, -0.2) is 0 Å². The van der Waals surface area contributed by atoms with Crippen molar-refractivity contribution in [2.24, 2.45) is 0 Å². The van der Waals surface area contributed by atoms with Crippen molar-refractivity contribution >= 4 is 11.6 Å². The van der Waals surface area contributed by atoms with E-state index in [4.69, 9.17) is 14.2 Å². The van der Waals surface area contributed by atoms with Crippen LogP contribution in [0.1, 0.15) is 20.3 Å². The number of anilines is 1. The number of morpholine rings is 1. The molecule has 1 amide bonds. The van der Waals surface area contributed by atoms with Crippen LogP contribution in [0.4, 0.5) is 5.69 Å². The molecule has 2 aliphatic heterocycles. The number of hydrogen-bond donors (Lipinski definition) is 1. The fraction of sp³-hybridized carbons (Fsp3) is 0.588. The summed E-state index contributed by atoms with van der Waals surface area (Å²) in [7, 11) is 0. The summed E-state index contributed by atoms with van der Waals surface area (Å²) in [5, 5.41) is 2.92. The van der Waals surface area contributed by atoms with Crippen LogP contribution in [0.5, 0.6) is 11.5 Å². The Morgan fingerprint density at radius 3 is 2.61 bits per heavy atom. The third-order valence-corrected chi connectivity index (χ3v) is 3.98. The third kappa shape index (κ3) is 4.36. The van der Waals surface area contributed by atoms with Gasteiger partial charge in [0.15, 0.2) is 11.5 Å². The number of carbonyl (C=O) groups is 1. The number of ether oxygens (including phenoxy) is 3. The fourth-order valence-corrected chi connectivity index (χ4v) is 3.07. The van der Waals surface area contributed by atoms with Gasteiger partial charge in [-0.3, -0.25) is 9.69 Å². The largest absolute Gasteiger partial charge is 0.486 e. The SMILES string of the molecule is C[C@@H]1CN(CCC(=O)Nc2ccc3c(c2)OCCO3)C[C@H](C)O1. The lowest BCUT2D eigenvalue weighted by Gasteiger charge is -2.35. The van der Waals surface area contributed by atoms with E-state index in [0.717, 1.165) is 31.1 Å². The Kier molecular flexibility index (Phi) is 5.03. The van der Waals surface area contributed by atoms with Crippen molar-refractivity contribution in [3.8, 4) is 11.5 Å². The van der Waals surface area contributed by atoms with E-state index in [0.29, 0.717) is 25.4 Å². The van der Waals surface area contributed by atoms with Crippen molar-refractivity contribution in [2.75, 3.05) is 38.2 Å². The van der Waals surface area contributed by atoms with Crippen LogP contribution < -0.4 is 14.8 Å². The molecule has 1 aromatic rings. The van der Waals surface area contributed by atoms with Gasteiger partial charge in [0.1, 0.15) is 13.2 Å². The quantitative estimate of drug-likeness (QED) is 0.918. The molecule has 0 saturated carbocycles. The van der Waals surface area contributed by atoms with E-state index in [1.165, 1.54) is 0 Å². The van der Waals surface area contributed by atoms with Crippen LogP contribution in [-0.4, -0.2) is 55.9 Å². The predicted molar refractivity (Wildman–Crippen MR) is 87.1 cm³/mol. The van der Waals surface area contributed by atoms with Crippen LogP contribution in [0, 0.1) is 0 Å². The molecule has 2 heterocycles. The molecule has 0 radical (unpaired) electrons. The Labute approximate surface area is 136 Å². The molecule has 2 atom stereocenters. The molecule has 23 heavy (non-hydrogen) atoms. The molecule has 1 N–H and O–H groups in total. The third-order valence-electron chi connectivity index (χ3n) is 3.98. The standard InChI is InChI=1S/C17H24N2O4/c1-12-10-19(11-13(2)23-12)6-5-17(20)18-14-3-4-15-16(9-14)22-8-7-21-15/h3-4,9,12-13H,5-8,10-11H2,1-2H3,(H,18,20)/t12-,13+. The maximum absolute atomic E-state index is 12.1. The second kappa shape index (κ2) is 7.19. The normalized spacial score (nSPS) is 24.3. The van der Waals surface area contributed by atoms with Crippen LogP contribution in [-0.2, 0) is 9.53 Å². The van der Waals surface area contributed by atoms with E-state index in [1.807, 2.05) is 18.2 Å². The molecule has 1 saturated heterocycles. The number of nitrogens with one attached hydrogen (secondary N) is 1. The van der Waals surface area contributed by atoms with Crippen molar-refractivity contribution in [1.29, 1.82) is 0 Å². The Morgan fingerprint density at radius 1 is 1.17 bits per heavy atom. The topological polar surface area (TPSA) is 60.0 Å². The number of carbonyl (C=O) groups excluding carboxylic acids is 1. The summed E-state index contributed by atoms with van der Waals surface area (Å²) in [4.78, 5) is 14.4. The van der Waals surface area contributed by atoms with Crippen molar-refractivity contribution in [3.05, 3.63) is 18.2 Å². The molecule has 2 aliphatic rings. The molecule has 6 nitrogen and oxygen atoms in total. The van der Waals surface area contributed by atoms with E-state index in [-0.39, 0.29) is 18.1 Å². The van der Waals surface area contributed by atoms with E-state index in [2.05, 4.69) is 24.1 Å². The van der Waals surface area contributed by atoms with Crippen LogP contribution in [0.3, 0.4) is 0 Å². The maximum atomic E-state index is 12.1. The highest BCUT2D eigenvalue weighted by Gasteiger charge is 2.22. The van der Waals surface area contributed by atoms with Crippen LogP contribution in [0.2, 0.25) is 0 Å². The molecule has 0 aliphatic carbocycles. The van der Waals surface area contributed by atoms with Crippen molar-refractivity contribution in [2.45, 2.75) is 32.5 Å². The molecule has 1 fully saturated rings. The Balaban J connectivity index is 1.49. The minimum atomic E-state index is 0.00785. The van der Waals surface area contributed by atoms with Gasteiger partial charge in [-0.15, -0.1) is 0 Å². The number of fused-ring (bicyclic) bond motifs is 1. The first kappa shape index (κ1) is 16.1.